The van der Waals surface area contributed by atoms with Crippen LogP contribution in [0.5, 0.6) is 0 Å². The molecule has 0 saturated carbocycles. The first-order chi connectivity index (χ1) is 14.9. The van der Waals surface area contributed by atoms with Crippen molar-refractivity contribution >= 4 is 61.9 Å². The van der Waals surface area contributed by atoms with Gasteiger partial charge < -0.3 is 10.1 Å². The van der Waals surface area contributed by atoms with Crippen molar-refractivity contribution in [3.05, 3.63) is 72.6 Å². The second kappa shape index (κ2) is 8.62. The Bertz CT molecular complexity index is 1360. The van der Waals surface area contributed by atoms with Gasteiger partial charge in [-0.2, -0.15) is 9.78 Å². The molecular weight excluding hydrogens is 458 g/mol. The Morgan fingerprint density at radius 3 is 2.58 bits per heavy atom. The van der Waals surface area contributed by atoms with E-state index < -0.39 is 17.4 Å². The fourth-order valence-corrected chi connectivity index (χ4v) is 4.82. The van der Waals surface area contributed by atoms with Gasteiger partial charge in [0.25, 0.3) is 11.5 Å². The van der Waals surface area contributed by atoms with Crippen molar-refractivity contribution in [2.75, 3.05) is 11.9 Å². The number of esters is 1. The second-order valence-corrected chi connectivity index (χ2v) is 9.13. The smallest absolute Gasteiger partial charge is 0.359 e. The highest BCUT2D eigenvalue weighted by atomic mass is 35.5. The molecule has 0 saturated heterocycles. The van der Waals surface area contributed by atoms with Crippen molar-refractivity contribution in [1.29, 1.82) is 0 Å². The summed E-state index contributed by atoms with van der Waals surface area (Å²) in [4.78, 5) is 38.9. The number of nitrogens with one attached hydrogen (secondary N) is 1. The summed E-state index contributed by atoms with van der Waals surface area (Å²) in [5.41, 5.74) is 1.07. The minimum absolute atomic E-state index is 0.00735. The fourth-order valence-electron chi connectivity index (χ4n) is 2.95. The first kappa shape index (κ1) is 21.2. The predicted octanol–water partition coefficient (Wildman–Crippen LogP) is 4.90. The molecular formula is C21H16ClN3O4S2. The molecule has 0 fully saturated rings. The third kappa shape index (κ3) is 4.12. The molecule has 4 aromatic rings. The molecule has 1 amide bonds. The lowest BCUT2D eigenvalue weighted by atomic mass is 10.2. The van der Waals surface area contributed by atoms with E-state index in [9.17, 15) is 14.4 Å². The molecule has 1 aromatic carbocycles. The first-order valence-corrected chi connectivity index (χ1v) is 11.3. The lowest BCUT2D eigenvalue weighted by Crippen LogP contribution is -2.25. The van der Waals surface area contributed by atoms with E-state index in [0.29, 0.717) is 25.3 Å². The largest absolute Gasteiger partial charge is 0.461 e. The number of fused-ring (bicyclic) bond motifs is 1. The van der Waals surface area contributed by atoms with Crippen LogP contribution in [0.2, 0.25) is 4.34 Å². The van der Waals surface area contributed by atoms with Crippen LogP contribution < -0.4 is 10.9 Å². The summed E-state index contributed by atoms with van der Waals surface area (Å²) in [6.45, 7) is 3.78. The molecule has 0 bridgehead atoms. The van der Waals surface area contributed by atoms with Crippen molar-refractivity contribution < 1.29 is 14.3 Å². The van der Waals surface area contributed by atoms with E-state index in [1.807, 2.05) is 19.1 Å². The lowest BCUT2D eigenvalue weighted by Gasteiger charge is -2.10. The molecule has 0 unspecified atom stereocenters. The number of benzene rings is 1. The average Bonchev–Trinajstić information content (AvgIpc) is 3.36. The van der Waals surface area contributed by atoms with Crippen molar-refractivity contribution in [3.8, 4) is 5.69 Å². The Hall–Kier alpha value is -3.01. The van der Waals surface area contributed by atoms with Crippen LogP contribution in [-0.4, -0.2) is 28.3 Å². The highest BCUT2D eigenvalue weighted by Crippen LogP contribution is 2.32. The van der Waals surface area contributed by atoms with Crippen molar-refractivity contribution in [2.45, 2.75) is 13.8 Å². The van der Waals surface area contributed by atoms with E-state index in [4.69, 9.17) is 16.3 Å². The number of anilines is 1. The van der Waals surface area contributed by atoms with Gasteiger partial charge in [0.1, 0.15) is 5.00 Å². The summed E-state index contributed by atoms with van der Waals surface area (Å²) in [5.74, 6) is -1.04. The minimum Gasteiger partial charge on any atom is -0.461 e. The minimum atomic E-state index is -0.644. The molecule has 31 heavy (non-hydrogen) atoms. The summed E-state index contributed by atoms with van der Waals surface area (Å²) in [7, 11) is 0. The molecule has 0 spiro atoms. The summed E-state index contributed by atoms with van der Waals surface area (Å²) in [6, 6.07) is 10.4. The van der Waals surface area contributed by atoms with Crippen molar-refractivity contribution in [1.82, 2.24) is 9.78 Å². The molecule has 3 aromatic heterocycles. The first-order valence-electron chi connectivity index (χ1n) is 9.24. The van der Waals surface area contributed by atoms with Gasteiger partial charge in [0.05, 0.1) is 26.9 Å². The van der Waals surface area contributed by atoms with E-state index >= 15 is 0 Å². The van der Waals surface area contributed by atoms with Gasteiger partial charge in [0.2, 0.25) is 0 Å². The number of hydrogen-bond donors (Lipinski definition) is 1. The molecule has 1 N–H and O–H groups in total. The highest BCUT2D eigenvalue weighted by molar-refractivity contribution is 7.18. The summed E-state index contributed by atoms with van der Waals surface area (Å²) in [6.07, 6.45) is 0. The van der Waals surface area contributed by atoms with E-state index in [1.165, 1.54) is 0 Å². The van der Waals surface area contributed by atoms with Gasteiger partial charge in [-0.05, 0) is 38.1 Å². The zero-order valence-electron chi connectivity index (χ0n) is 16.5. The maximum Gasteiger partial charge on any atom is 0.359 e. The molecule has 0 aliphatic heterocycles. The number of carbonyl (C=O) groups is 2. The number of ether oxygens (including phenoxy) is 1. The number of amides is 1. The van der Waals surface area contributed by atoms with Gasteiger partial charge in [-0.15, -0.1) is 22.7 Å². The zero-order valence-corrected chi connectivity index (χ0v) is 18.9. The summed E-state index contributed by atoms with van der Waals surface area (Å²) >= 11 is 8.19. The monoisotopic (exact) mass is 473 g/mol. The standard InChI is InChI=1S/C21H16ClN3O4S2/c1-3-29-21(28)17-13-10-30-19(23-18(26)14-8-9-15(22)31-14)16(13)20(27)25(24-17)12-6-4-11(2)5-7-12/h4-10H,3H2,1-2H3,(H,23,26). The zero-order chi connectivity index (χ0) is 22.1. The Morgan fingerprint density at radius 2 is 1.94 bits per heavy atom. The molecule has 158 valence electrons. The van der Waals surface area contributed by atoms with Gasteiger partial charge in [0, 0.05) is 10.8 Å². The second-order valence-electron chi connectivity index (χ2n) is 6.53. The Labute approximate surface area is 189 Å². The number of halogens is 1. The van der Waals surface area contributed by atoms with Crippen molar-refractivity contribution in [3.63, 3.8) is 0 Å². The molecule has 0 aliphatic rings. The number of aryl methyl sites for hydroxylation is 1. The maximum absolute atomic E-state index is 13.3. The molecule has 4 rings (SSSR count). The van der Waals surface area contributed by atoms with Crippen LogP contribution >= 0.6 is 34.3 Å². The molecule has 3 heterocycles. The summed E-state index contributed by atoms with van der Waals surface area (Å²) < 4.78 is 6.77. The van der Waals surface area contributed by atoms with Gasteiger partial charge in [-0.1, -0.05) is 29.3 Å². The Kier molecular flexibility index (Phi) is 5.90. The number of rotatable bonds is 5. The van der Waals surface area contributed by atoms with E-state index in [2.05, 4.69) is 10.4 Å². The Morgan fingerprint density at radius 1 is 1.19 bits per heavy atom. The quantitative estimate of drug-likeness (QED) is 0.416. The fraction of sp³-hybridized carbons (Fsp3) is 0.143. The topological polar surface area (TPSA) is 90.3 Å². The highest BCUT2D eigenvalue weighted by Gasteiger charge is 2.23. The van der Waals surface area contributed by atoms with Crippen LogP contribution in [0.4, 0.5) is 5.00 Å². The van der Waals surface area contributed by atoms with E-state index in [0.717, 1.165) is 32.9 Å². The maximum atomic E-state index is 13.3. The van der Waals surface area contributed by atoms with Crippen LogP contribution in [0, 0.1) is 6.92 Å². The van der Waals surface area contributed by atoms with E-state index in [-0.39, 0.29) is 17.7 Å². The number of hydrogen-bond acceptors (Lipinski definition) is 7. The normalized spacial score (nSPS) is 10.9. The summed E-state index contributed by atoms with van der Waals surface area (Å²) in [5, 5.41) is 9.50. The van der Waals surface area contributed by atoms with Crippen LogP contribution in [0.3, 0.4) is 0 Å². The molecule has 0 atom stereocenters. The molecule has 7 nitrogen and oxygen atoms in total. The van der Waals surface area contributed by atoms with Crippen molar-refractivity contribution in [2.24, 2.45) is 0 Å². The molecule has 10 heteroatoms. The van der Waals surface area contributed by atoms with E-state index in [1.54, 1.807) is 36.6 Å². The van der Waals surface area contributed by atoms with Gasteiger partial charge >= 0.3 is 5.97 Å². The van der Waals surface area contributed by atoms with Gasteiger partial charge in [0.15, 0.2) is 5.69 Å². The Balaban J connectivity index is 1.89. The van der Waals surface area contributed by atoms with Gasteiger partial charge in [-0.25, -0.2) is 4.79 Å². The third-order valence-corrected chi connectivity index (χ3v) is 6.55. The number of carbonyl (C=O) groups excluding carboxylic acids is 2. The number of nitrogens with zero attached hydrogens (tertiary/aromatic N) is 2. The molecule has 0 radical (unpaired) electrons. The van der Waals surface area contributed by atoms with Crippen LogP contribution in [0.25, 0.3) is 16.5 Å². The van der Waals surface area contributed by atoms with Gasteiger partial charge in [-0.3, -0.25) is 9.59 Å². The average molecular weight is 474 g/mol. The lowest BCUT2D eigenvalue weighted by molar-refractivity contribution is 0.0520. The predicted molar refractivity (Wildman–Crippen MR) is 123 cm³/mol. The van der Waals surface area contributed by atoms with Crippen LogP contribution in [0.1, 0.15) is 32.6 Å². The number of thiophene rings is 2. The third-order valence-electron chi connectivity index (χ3n) is 4.42. The van der Waals surface area contributed by atoms with Crippen LogP contribution in [-0.2, 0) is 4.74 Å². The number of aromatic nitrogens is 2. The molecule has 0 aliphatic carbocycles. The van der Waals surface area contributed by atoms with Crippen LogP contribution in [0.15, 0.2) is 46.6 Å². The SMILES string of the molecule is CCOC(=O)c1nn(-c2ccc(C)cc2)c(=O)c2c(NC(=O)c3ccc(Cl)s3)scc12.